The van der Waals surface area contributed by atoms with Crippen molar-refractivity contribution < 1.29 is 13.5 Å². The van der Waals surface area contributed by atoms with Crippen LogP contribution in [0, 0.1) is 0 Å². The van der Waals surface area contributed by atoms with E-state index in [4.69, 9.17) is 11.6 Å². The summed E-state index contributed by atoms with van der Waals surface area (Å²) >= 11 is 5.79. The Hall–Kier alpha value is -1.75. The van der Waals surface area contributed by atoms with Gasteiger partial charge in [-0.1, -0.05) is 24.9 Å². The van der Waals surface area contributed by atoms with Gasteiger partial charge in [0.15, 0.2) is 5.82 Å². The molecule has 0 radical (unpaired) electrons. The van der Waals surface area contributed by atoms with Crippen LogP contribution in [-0.4, -0.2) is 16.6 Å². The summed E-state index contributed by atoms with van der Waals surface area (Å²) in [6.45, 7) is -0.867. The van der Waals surface area contributed by atoms with E-state index < -0.39 is 6.61 Å². The van der Waals surface area contributed by atoms with E-state index in [1.165, 1.54) is 6.07 Å². The predicted octanol–water partition coefficient (Wildman–Crippen LogP) is 4.35. The molecule has 1 aromatic heterocycles. The van der Waals surface area contributed by atoms with Gasteiger partial charge in [0.2, 0.25) is 0 Å². The molecule has 0 fully saturated rings. The van der Waals surface area contributed by atoms with Crippen LogP contribution >= 0.6 is 11.6 Å². The van der Waals surface area contributed by atoms with Crippen LogP contribution in [0.15, 0.2) is 30.6 Å². The second-order valence-electron chi connectivity index (χ2n) is 4.18. The molecule has 106 valence electrons. The standard InChI is InChI=1S/C14H13ClF2N2O/c1-2-3-9-7-18-13(19-8-9)11-5-4-10(15)6-12(11)20-14(16)17/h4-8,14H,2-3H2,1H3. The molecule has 0 atom stereocenters. The molecule has 0 saturated carbocycles. The van der Waals surface area contributed by atoms with Gasteiger partial charge in [0.25, 0.3) is 0 Å². The number of aryl methyl sites for hydroxylation is 1. The van der Waals surface area contributed by atoms with E-state index in [9.17, 15) is 8.78 Å². The minimum Gasteiger partial charge on any atom is -0.434 e. The fraction of sp³-hybridized carbons (Fsp3) is 0.286. The minimum absolute atomic E-state index is 0.0317. The molecule has 0 saturated heterocycles. The van der Waals surface area contributed by atoms with Gasteiger partial charge in [-0.05, 0) is 30.2 Å². The Bertz CT molecular complexity index is 576. The van der Waals surface area contributed by atoms with Crippen molar-refractivity contribution in [3.05, 3.63) is 41.2 Å². The third-order valence-electron chi connectivity index (χ3n) is 2.64. The smallest absolute Gasteiger partial charge is 0.387 e. The van der Waals surface area contributed by atoms with Crippen LogP contribution in [0.4, 0.5) is 8.78 Å². The summed E-state index contributed by atoms with van der Waals surface area (Å²) in [5.74, 6) is 0.299. The molecule has 2 rings (SSSR count). The largest absolute Gasteiger partial charge is 0.434 e. The van der Waals surface area contributed by atoms with E-state index in [2.05, 4.69) is 21.6 Å². The van der Waals surface area contributed by atoms with Crippen LogP contribution < -0.4 is 4.74 Å². The second kappa shape index (κ2) is 6.61. The Labute approximate surface area is 120 Å². The summed E-state index contributed by atoms with van der Waals surface area (Å²) < 4.78 is 29.3. The van der Waals surface area contributed by atoms with Crippen molar-refractivity contribution in [3.8, 4) is 17.1 Å². The molecule has 0 amide bonds. The van der Waals surface area contributed by atoms with Gasteiger partial charge in [0, 0.05) is 17.4 Å². The lowest BCUT2D eigenvalue weighted by Crippen LogP contribution is -2.04. The first-order valence-electron chi connectivity index (χ1n) is 6.15. The number of alkyl halides is 2. The van der Waals surface area contributed by atoms with Crippen molar-refractivity contribution >= 4 is 11.6 Å². The van der Waals surface area contributed by atoms with Gasteiger partial charge < -0.3 is 4.74 Å². The number of ether oxygens (including phenoxy) is 1. The maximum Gasteiger partial charge on any atom is 0.387 e. The SMILES string of the molecule is CCCc1cnc(-c2ccc(Cl)cc2OC(F)F)nc1. The third-order valence-corrected chi connectivity index (χ3v) is 2.88. The molecule has 0 spiro atoms. The summed E-state index contributed by atoms with van der Waals surface area (Å²) in [5, 5.41) is 0.312. The molecule has 3 nitrogen and oxygen atoms in total. The quantitative estimate of drug-likeness (QED) is 0.823. The Kier molecular flexibility index (Phi) is 4.84. The Morgan fingerprint density at radius 1 is 1.25 bits per heavy atom. The zero-order valence-electron chi connectivity index (χ0n) is 10.8. The molecule has 6 heteroatoms. The molecule has 0 aliphatic heterocycles. The Morgan fingerprint density at radius 2 is 1.95 bits per heavy atom. The molecule has 0 aliphatic rings. The monoisotopic (exact) mass is 298 g/mol. The average Bonchev–Trinajstić information content (AvgIpc) is 2.40. The lowest BCUT2D eigenvalue weighted by molar-refractivity contribution is -0.0494. The van der Waals surface area contributed by atoms with Crippen molar-refractivity contribution in [1.29, 1.82) is 0 Å². The van der Waals surface area contributed by atoms with Crippen LogP contribution in [0.1, 0.15) is 18.9 Å². The highest BCUT2D eigenvalue weighted by Gasteiger charge is 2.14. The maximum atomic E-state index is 12.4. The number of hydrogen-bond acceptors (Lipinski definition) is 3. The summed E-state index contributed by atoms with van der Waals surface area (Å²) in [5.41, 5.74) is 1.39. The zero-order chi connectivity index (χ0) is 14.5. The molecule has 20 heavy (non-hydrogen) atoms. The number of hydrogen-bond donors (Lipinski definition) is 0. The second-order valence-corrected chi connectivity index (χ2v) is 4.62. The Morgan fingerprint density at radius 3 is 2.55 bits per heavy atom. The van der Waals surface area contributed by atoms with Gasteiger partial charge in [-0.25, -0.2) is 9.97 Å². The minimum atomic E-state index is -2.92. The first kappa shape index (κ1) is 14.7. The van der Waals surface area contributed by atoms with Crippen LogP contribution in [0.5, 0.6) is 5.75 Å². The fourth-order valence-corrected chi connectivity index (χ4v) is 1.95. The molecule has 1 heterocycles. The highest BCUT2D eigenvalue weighted by atomic mass is 35.5. The molecule has 2 aromatic rings. The van der Waals surface area contributed by atoms with Crippen molar-refractivity contribution in [2.45, 2.75) is 26.4 Å². The van der Waals surface area contributed by atoms with Crippen molar-refractivity contribution in [3.63, 3.8) is 0 Å². The predicted molar refractivity (Wildman–Crippen MR) is 73.1 cm³/mol. The van der Waals surface area contributed by atoms with E-state index in [1.807, 2.05) is 0 Å². The normalized spacial score (nSPS) is 10.8. The van der Waals surface area contributed by atoms with E-state index in [0.717, 1.165) is 18.4 Å². The van der Waals surface area contributed by atoms with E-state index in [1.54, 1.807) is 24.5 Å². The number of aromatic nitrogens is 2. The lowest BCUT2D eigenvalue weighted by atomic mass is 10.1. The van der Waals surface area contributed by atoms with Crippen molar-refractivity contribution in [2.75, 3.05) is 0 Å². The van der Waals surface area contributed by atoms with Gasteiger partial charge in [-0.3, -0.25) is 0 Å². The number of nitrogens with zero attached hydrogens (tertiary/aromatic N) is 2. The zero-order valence-corrected chi connectivity index (χ0v) is 11.6. The molecule has 0 bridgehead atoms. The van der Waals surface area contributed by atoms with Crippen LogP contribution in [0.25, 0.3) is 11.4 Å². The summed E-state index contributed by atoms with van der Waals surface area (Å²) in [7, 11) is 0. The molecule has 1 aromatic carbocycles. The summed E-state index contributed by atoms with van der Waals surface area (Å²) in [4.78, 5) is 8.37. The average molecular weight is 299 g/mol. The van der Waals surface area contributed by atoms with Gasteiger partial charge in [0.05, 0.1) is 5.56 Å². The van der Waals surface area contributed by atoms with E-state index >= 15 is 0 Å². The number of benzene rings is 1. The van der Waals surface area contributed by atoms with Gasteiger partial charge in [-0.2, -0.15) is 8.78 Å². The first-order valence-corrected chi connectivity index (χ1v) is 6.53. The van der Waals surface area contributed by atoms with Crippen molar-refractivity contribution in [1.82, 2.24) is 9.97 Å². The number of rotatable bonds is 5. The van der Waals surface area contributed by atoms with E-state index in [-0.39, 0.29) is 5.75 Å². The highest BCUT2D eigenvalue weighted by Crippen LogP contribution is 2.31. The van der Waals surface area contributed by atoms with Crippen LogP contribution in [0.2, 0.25) is 5.02 Å². The van der Waals surface area contributed by atoms with E-state index in [0.29, 0.717) is 16.4 Å². The topological polar surface area (TPSA) is 35.0 Å². The van der Waals surface area contributed by atoms with Crippen molar-refractivity contribution in [2.24, 2.45) is 0 Å². The summed E-state index contributed by atoms with van der Waals surface area (Å²) in [6, 6.07) is 4.47. The lowest BCUT2D eigenvalue weighted by Gasteiger charge is -2.10. The molecular weight excluding hydrogens is 286 g/mol. The highest BCUT2D eigenvalue weighted by molar-refractivity contribution is 6.30. The van der Waals surface area contributed by atoms with Crippen LogP contribution in [-0.2, 0) is 6.42 Å². The maximum absolute atomic E-state index is 12.4. The molecule has 0 aliphatic carbocycles. The molecular formula is C14H13ClF2N2O. The fourth-order valence-electron chi connectivity index (χ4n) is 1.79. The van der Waals surface area contributed by atoms with Gasteiger partial charge in [0.1, 0.15) is 5.75 Å². The number of halogens is 3. The van der Waals surface area contributed by atoms with Crippen LogP contribution in [0.3, 0.4) is 0 Å². The molecule has 0 N–H and O–H groups in total. The Balaban J connectivity index is 2.35. The third kappa shape index (κ3) is 3.63. The first-order chi connectivity index (χ1) is 9.60. The van der Waals surface area contributed by atoms with Gasteiger partial charge >= 0.3 is 6.61 Å². The summed E-state index contributed by atoms with van der Waals surface area (Å²) in [6.07, 6.45) is 5.24. The van der Waals surface area contributed by atoms with Gasteiger partial charge in [-0.15, -0.1) is 0 Å². The molecule has 0 unspecified atom stereocenters.